The van der Waals surface area contributed by atoms with Gasteiger partial charge in [-0.05, 0) is 220 Å². The van der Waals surface area contributed by atoms with Gasteiger partial charge in [-0.25, -0.2) is 29.9 Å². The van der Waals surface area contributed by atoms with E-state index in [4.69, 9.17) is 5.73 Å². The Balaban J connectivity index is 0.000000115. The molecule has 22 aromatic rings. The van der Waals surface area contributed by atoms with E-state index in [1.54, 1.807) is 43.0 Å². The molecule has 5 aromatic heterocycles. The number of nitrogen functional groups attached to an aromatic ring is 1. The summed E-state index contributed by atoms with van der Waals surface area (Å²) >= 11 is 13.2. The maximum Gasteiger partial charge on any atom is 0.488 e. The maximum atomic E-state index is 11.1. The Hall–Kier alpha value is -13.5. The fourth-order valence-corrected chi connectivity index (χ4v) is 16.7. The molecule has 0 radical (unpaired) electrons. The quantitative estimate of drug-likeness (QED) is 0.0375. The number of alkyl halides is 1. The SMILES string of the molecule is Brc1ccc(-c2cn3cccnc3n2)cc1.Brc1ccc(-c2cn3cccnc3n2)cc1.Nc1ncccn1.O=C(CBr)c1ccc(Br)cc1.OB(O)c1ccc2c(-c3ccc4ccccc4c3)c3ccccc3c(-c3ccc4ccccc4c3)c2c1.OB(O)c1ccc2c(-c3ccc4ccccc4c3)c3ccccc3c(-c3ccc4ccccc4c3)c2c1. The molecule has 0 spiro atoms. The molecule has 5 heterocycles. The van der Waals surface area contributed by atoms with Crippen LogP contribution < -0.4 is 16.7 Å². The molecule has 124 heavy (non-hydrogen) atoms. The van der Waals surface area contributed by atoms with Gasteiger partial charge in [0, 0.05) is 79.7 Å². The molecule has 0 amide bonds. The van der Waals surface area contributed by atoms with E-state index in [0.29, 0.717) is 22.2 Å². The highest BCUT2D eigenvalue weighted by Gasteiger charge is 2.23. The number of hydrogen-bond donors (Lipinski definition) is 5. The van der Waals surface area contributed by atoms with Crippen molar-refractivity contribution in [3.8, 4) is 67.0 Å². The minimum Gasteiger partial charge on any atom is -0.423 e. The first kappa shape index (κ1) is 82.8. The molecule has 6 N–H and O–H groups in total. The lowest BCUT2D eigenvalue weighted by Crippen LogP contribution is -2.29. The Labute approximate surface area is 748 Å². The Bertz CT molecular complexity index is 7190. The normalized spacial score (nSPS) is 11.0. The second kappa shape index (κ2) is 37.9. The van der Waals surface area contributed by atoms with Gasteiger partial charge in [0.15, 0.2) is 5.78 Å². The van der Waals surface area contributed by atoms with Crippen molar-refractivity contribution >= 4 is 198 Å². The van der Waals surface area contributed by atoms with E-state index in [-0.39, 0.29) is 5.78 Å². The van der Waals surface area contributed by atoms with Crippen molar-refractivity contribution < 1.29 is 24.9 Å². The molecule has 0 bridgehead atoms. The van der Waals surface area contributed by atoms with Crippen LogP contribution in [-0.2, 0) is 0 Å². The summed E-state index contributed by atoms with van der Waals surface area (Å²) in [7, 11) is -3.08. The van der Waals surface area contributed by atoms with E-state index < -0.39 is 14.2 Å². The molecular weight excluding hydrogens is 1800 g/mol. The van der Waals surface area contributed by atoms with Crippen LogP contribution in [0.3, 0.4) is 0 Å². The summed E-state index contributed by atoms with van der Waals surface area (Å²) in [6, 6.07) is 118. The van der Waals surface area contributed by atoms with E-state index in [1.807, 2.05) is 143 Å². The number of halogens is 4. The molecule has 22 rings (SSSR count). The highest BCUT2D eigenvalue weighted by Crippen LogP contribution is 2.47. The van der Waals surface area contributed by atoms with Crippen LogP contribution in [-0.4, -0.2) is 84.2 Å². The van der Waals surface area contributed by atoms with Gasteiger partial charge in [-0.1, -0.05) is 331 Å². The molecule has 0 saturated carbocycles. The monoisotopic (exact) mass is 1870 g/mol. The largest absolute Gasteiger partial charge is 0.488 e. The van der Waals surface area contributed by atoms with E-state index in [2.05, 4.69) is 312 Å². The van der Waals surface area contributed by atoms with E-state index >= 15 is 0 Å². The van der Waals surface area contributed by atoms with Crippen molar-refractivity contribution in [1.82, 2.24) is 38.7 Å². The summed E-state index contributed by atoms with van der Waals surface area (Å²) in [5.41, 5.74) is 19.9. The smallest absolute Gasteiger partial charge is 0.423 e. The second-order valence-electron chi connectivity index (χ2n) is 29.3. The van der Waals surface area contributed by atoms with Gasteiger partial charge in [-0.3, -0.25) is 13.6 Å². The molecule has 0 unspecified atom stereocenters. The number of nitrogens with zero attached hydrogens (tertiary/aromatic N) is 8. The Morgan fingerprint density at radius 1 is 0.306 bits per heavy atom. The lowest BCUT2D eigenvalue weighted by Gasteiger charge is -2.19. The van der Waals surface area contributed by atoms with Crippen LogP contribution >= 0.6 is 63.7 Å². The summed E-state index contributed by atoms with van der Waals surface area (Å²) in [5.74, 6) is 1.88. The molecule has 0 aliphatic rings. The fourth-order valence-electron chi connectivity index (χ4n) is 15.5. The third-order valence-electron chi connectivity index (χ3n) is 21.5. The summed E-state index contributed by atoms with van der Waals surface area (Å²) < 4.78 is 6.95. The van der Waals surface area contributed by atoms with Crippen LogP contribution in [0.25, 0.3) is 165 Å². The van der Waals surface area contributed by atoms with Gasteiger partial charge >= 0.3 is 14.2 Å². The molecule has 17 aromatic carbocycles. The molecule has 0 aliphatic carbocycles. The van der Waals surface area contributed by atoms with Crippen molar-refractivity contribution in [1.29, 1.82) is 0 Å². The van der Waals surface area contributed by atoms with E-state index in [1.165, 1.54) is 53.9 Å². The molecule has 20 heteroatoms. The van der Waals surface area contributed by atoms with Crippen molar-refractivity contribution in [2.24, 2.45) is 0 Å². The van der Waals surface area contributed by atoms with Crippen LogP contribution in [0.4, 0.5) is 5.95 Å². The first-order valence-corrected chi connectivity index (χ1v) is 43.3. The average Bonchev–Trinajstić information content (AvgIpc) is 0.753. The number of hydrogen-bond acceptors (Lipinski definition) is 12. The van der Waals surface area contributed by atoms with Crippen LogP contribution in [0.5, 0.6) is 0 Å². The van der Waals surface area contributed by atoms with Gasteiger partial charge in [0.1, 0.15) is 0 Å². The van der Waals surface area contributed by atoms with E-state index in [9.17, 15) is 24.9 Å². The predicted molar refractivity (Wildman–Crippen MR) is 525 cm³/mol. The van der Waals surface area contributed by atoms with Crippen LogP contribution in [0.1, 0.15) is 10.4 Å². The molecule has 0 fully saturated rings. The summed E-state index contributed by atoms with van der Waals surface area (Å²) in [4.78, 5) is 35.6. The lowest BCUT2D eigenvalue weighted by molar-refractivity contribution is 0.102. The van der Waals surface area contributed by atoms with Crippen LogP contribution in [0.15, 0.2) is 409 Å². The van der Waals surface area contributed by atoms with Crippen molar-refractivity contribution in [3.63, 3.8) is 0 Å². The topological polar surface area (TPSA) is 210 Å². The number of ketones is 1. The van der Waals surface area contributed by atoms with Gasteiger partial charge < -0.3 is 25.8 Å². The zero-order valence-electron chi connectivity index (χ0n) is 66.3. The summed E-state index contributed by atoms with van der Waals surface area (Å²) in [6.45, 7) is 0. The number of fused-ring (bicyclic) bond motifs is 10. The molecule has 14 nitrogen and oxygen atoms in total. The highest BCUT2D eigenvalue weighted by atomic mass is 79.9. The van der Waals surface area contributed by atoms with E-state index in [0.717, 1.165) is 130 Å². The highest BCUT2D eigenvalue weighted by molar-refractivity contribution is 9.11. The van der Waals surface area contributed by atoms with Crippen LogP contribution in [0, 0.1) is 0 Å². The third-order valence-corrected chi connectivity index (χ3v) is 23.6. The number of aromatic nitrogens is 8. The third kappa shape index (κ3) is 18.5. The number of Topliss-reactive ketones (excluding diaryl/α,β-unsaturated/α-hetero) is 1. The van der Waals surface area contributed by atoms with Crippen molar-refractivity contribution in [2.45, 2.75) is 0 Å². The number of anilines is 1. The first-order chi connectivity index (χ1) is 60.6. The van der Waals surface area contributed by atoms with Gasteiger partial charge in [0.05, 0.1) is 16.7 Å². The predicted octanol–water partition coefficient (Wildman–Crippen LogP) is 24.0. The number of rotatable bonds is 10. The molecule has 0 aliphatic heterocycles. The van der Waals surface area contributed by atoms with Crippen molar-refractivity contribution in [3.05, 3.63) is 414 Å². The minimum absolute atomic E-state index is 0.109. The maximum absolute atomic E-state index is 11.1. The van der Waals surface area contributed by atoms with Gasteiger partial charge in [-0.2, -0.15) is 0 Å². The van der Waals surface area contributed by atoms with Crippen LogP contribution in [0.2, 0.25) is 0 Å². The van der Waals surface area contributed by atoms with Crippen molar-refractivity contribution in [2.75, 3.05) is 11.1 Å². The molecule has 0 atom stereocenters. The Kier molecular flexibility index (Phi) is 25.3. The first-order valence-electron chi connectivity index (χ1n) is 39.8. The molecule has 598 valence electrons. The standard InChI is InChI=1S/2C34H23BO2.2C12H8BrN3.C8H6Br2O.C4H5N3/c2*36-35(37)28-17-18-31-32(21-28)34(27-16-14-23-8-2-4-10-25(23)20-27)30-12-6-5-11-29(30)33(31)26-15-13-22-7-1-3-9-24(22)19-26;2*13-10-4-2-9(3-5-10)11-8-16-7-1-6-14-12(16)15-11;9-5-8(11)6-1-3-7(10)4-2-6;5-4-6-2-1-3-7-4/h2*1-21,36-37H;2*1-8H;1-4H,5H2;1-3H,(H2,5,6,7). The number of carbonyl (C=O) groups is 1. The fraction of sp³-hybridized carbons (Fsp3) is 0.00962. The number of carbonyl (C=O) groups excluding carboxylic acids is 1. The Morgan fingerprint density at radius 2 is 0.597 bits per heavy atom. The zero-order valence-corrected chi connectivity index (χ0v) is 72.6. The number of nitrogens with two attached hydrogens (primary N) is 1. The van der Waals surface area contributed by atoms with Gasteiger partial charge in [0.25, 0.3) is 0 Å². The minimum atomic E-state index is -1.54. The summed E-state index contributed by atoms with van der Waals surface area (Å²) in [5, 5.41) is 59.0. The average molecular weight is 1870 g/mol. The van der Waals surface area contributed by atoms with Gasteiger partial charge in [0.2, 0.25) is 17.5 Å². The molecular formula is C104H73B2Br4N9O5. The van der Waals surface area contributed by atoms with Gasteiger partial charge in [-0.15, -0.1) is 0 Å². The second-order valence-corrected chi connectivity index (χ2v) is 32.6. The lowest BCUT2D eigenvalue weighted by atomic mass is 9.77. The zero-order chi connectivity index (χ0) is 85.2. The Morgan fingerprint density at radius 3 is 0.903 bits per heavy atom. The molecule has 0 saturated heterocycles. The summed E-state index contributed by atoms with van der Waals surface area (Å²) in [6.07, 6.45) is 14.5. The number of benzene rings is 17. The number of imidazole rings is 2.